The van der Waals surface area contributed by atoms with Gasteiger partial charge in [-0.05, 0) is 60.8 Å². The highest BCUT2D eigenvalue weighted by atomic mass is 32.2. The minimum absolute atomic E-state index is 0.0110. The van der Waals surface area contributed by atoms with Gasteiger partial charge in [-0.2, -0.15) is 0 Å². The first-order chi connectivity index (χ1) is 16.7. The molecule has 13 heteroatoms. The molecule has 2 unspecified atom stereocenters. The number of ether oxygens (including phenoxy) is 1. The van der Waals surface area contributed by atoms with E-state index in [1.54, 1.807) is 0 Å². The van der Waals surface area contributed by atoms with Crippen LogP contribution < -0.4 is 10.5 Å². The molecule has 1 fully saturated rings. The largest absolute Gasteiger partial charge is 0.394 e. The van der Waals surface area contributed by atoms with Gasteiger partial charge < -0.3 is 30.5 Å². The zero-order chi connectivity index (χ0) is 24.9. The van der Waals surface area contributed by atoms with Crippen LogP contribution in [0.5, 0.6) is 0 Å². The molecular weight excluding hydrogens is 496 g/mol. The molecule has 7 N–H and O–H groups in total. The van der Waals surface area contributed by atoms with E-state index in [0.29, 0.717) is 0 Å². The van der Waals surface area contributed by atoms with Crippen molar-refractivity contribution < 1.29 is 34.2 Å². The van der Waals surface area contributed by atoms with Crippen molar-refractivity contribution in [1.82, 2.24) is 4.98 Å². The Balaban J connectivity index is 1.39. The lowest BCUT2D eigenvalue weighted by Crippen LogP contribution is -2.55. The van der Waals surface area contributed by atoms with E-state index in [1.165, 1.54) is 17.3 Å². The number of aliphatic hydroxyl groups is 4. The summed E-state index contributed by atoms with van der Waals surface area (Å²) >= 11 is 0.810. The van der Waals surface area contributed by atoms with Crippen LogP contribution in [0.15, 0.2) is 20.8 Å². The van der Waals surface area contributed by atoms with Gasteiger partial charge in [0, 0.05) is 5.69 Å². The molecule has 2 aromatic rings. The summed E-state index contributed by atoms with van der Waals surface area (Å²) in [6.45, 7) is -0.588. The van der Waals surface area contributed by atoms with E-state index in [9.17, 15) is 29.4 Å². The van der Waals surface area contributed by atoms with Crippen molar-refractivity contribution in [3.05, 3.63) is 39.5 Å². The van der Waals surface area contributed by atoms with Crippen molar-refractivity contribution in [1.29, 1.82) is 0 Å². The number of amides is 2. The molecule has 11 nitrogen and oxygen atoms in total. The molecule has 2 amide bonds. The van der Waals surface area contributed by atoms with Crippen molar-refractivity contribution in [2.45, 2.75) is 73.3 Å². The van der Waals surface area contributed by atoms with Crippen LogP contribution in [0.3, 0.4) is 0 Å². The van der Waals surface area contributed by atoms with Gasteiger partial charge in [-0.1, -0.05) is 6.07 Å². The Morgan fingerprint density at radius 2 is 1.80 bits per heavy atom. The maximum atomic E-state index is 13.2. The van der Waals surface area contributed by atoms with Crippen molar-refractivity contribution >= 4 is 33.0 Å². The molecular formula is C22H28N4O7S2. The molecule has 6 atom stereocenters. The van der Waals surface area contributed by atoms with Crippen molar-refractivity contribution in [2.24, 2.45) is 9.50 Å². The Morgan fingerprint density at radius 3 is 2.43 bits per heavy atom. The average Bonchev–Trinajstić information content (AvgIpc) is 3.57. The van der Waals surface area contributed by atoms with E-state index >= 15 is 0 Å². The van der Waals surface area contributed by atoms with Gasteiger partial charge in [0.15, 0.2) is 9.92 Å². The molecule has 1 saturated heterocycles. The number of aryl methyl sites for hydroxylation is 2. The molecule has 0 bridgehead atoms. The number of nitrogens with two attached hydrogens (primary N) is 1. The normalized spacial score (nSPS) is 29.3. The number of nitrogens with zero attached hydrogens (tertiary/aromatic N) is 2. The number of fused-ring (bicyclic) bond motifs is 2. The van der Waals surface area contributed by atoms with Gasteiger partial charge in [-0.25, -0.2) is 19.1 Å². The fraction of sp³-hybridized carbons (Fsp3) is 0.545. The van der Waals surface area contributed by atoms with E-state index < -0.39 is 53.1 Å². The number of thiazole rings is 1. The minimum Gasteiger partial charge on any atom is -0.394 e. The fourth-order valence-corrected chi connectivity index (χ4v) is 7.27. The molecule has 1 aliphatic heterocycles. The first kappa shape index (κ1) is 24.7. The van der Waals surface area contributed by atoms with Gasteiger partial charge in [-0.15, -0.1) is 15.7 Å². The number of hydrogen-bond donors (Lipinski definition) is 6. The molecule has 2 heterocycles. The third-order valence-corrected chi connectivity index (χ3v) is 9.79. The van der Waals surface area contributed by atoms with E-state index in [-0.39, 0.29) is 9.22 Å². The number of anilines is 1. The summed E-state index contributed by atoms with van der Waals surface area (Å²) in [6, 6.07) is 1.43. The fourth-order valence-electron chi connectivity index (χ4n) is 5.11. The van der Waals surface area contributed by atoms with E-state index in [4.69, 9.17) is 9.88 Å². The van der Waals surface area contributed by atoms with E-state index in [0.717, 1.165) is 66.7 Å². The van der Waals surface area contributed by atoms with Gasteiger partial charge in [-0.3, -0.25) is 0 Å². The number of benzene rings is 1. The molecule has 1 aromatic carbocycles. The van der Waals surface area contributed by atoms with Crippen LogP contribution in [-0.2, 0) is 40.3 Å². The van der Waals surface area contributed by atoms with Crippen LogP contribution in [0, 0.1) is 0 Å². The number of urea groups is 1. The lowest BCUT2D eigenvalue weighted by Gasteiger charge is -2.39. The summed E-state index contributed by atoms with van der Waals surface area (Å²) in [5.74, 6) is 0. The summed E-state index contributed by atoms with van der Waals surface area (Å²) in [5.41, 5.74) is 5.46. The summed E-state index contributed by atoms with van der Waals surface area (Å²) < 4.78 is 22.4. The Morgan fingerprint density at radius 1 is 1.14 bits per heavy atom. The highest BCUT2D eigenvalue weighted by Crippen LogP contribution is 2.39. The van der Waals surface area contributed by atoms with Crippen molar-refractivity contribution in [3.8, 4) is 0 Å². The highest BCUT2D eigenvalue weighted by Gasteiger charge is 2.45. The molecule has 0 spiro atoms. The number of aromatic nitrogens is 1. The number of aliphatic hydroxyl groups excluding tert-OH is 4. The van der Waals surface area contributed by atoms with E-state index in [1.807, 2.05) is 0 Å². The molecule has 1 aromatic heterocycles. The maximum Gasteiger partial charge on any atom is 0.354 e. The predicted octanol–water partition coefficient (Wildman–Crippen LogP) is 0.568. The summed E-state index contributed by atoms with van der Waals surface area (Å²) in [4.78, 5) is 16.9. The Labute approximate surface area is 206 Å². The van der Waals surface area contributed by atoms with Crippen LogP contribution >= 0.6 is 11.3 Å². The maximum absolute atomic E-state index is 13.2. The molecule has 35 heavy (non-hydrogen) atoms. The zero-order valence-corrected chi connectivity index (χ0v) is 20.4. The number of rotatable bonds is 4. The van der Waals surface area contributed by atoms with Gasteiger partial charge in [0.1, 0.15) is 39.7 Å². The second-order valence-electron chi connectivity index (χ2n) is 9.09. The summed E-state index contributed by atoms with van der Waals surface area (Å²) in [6.07, 6.45) is -0.0334. The zero-order valence-electron chi connectivity index (χ0n) is 18.8. The van der Waals surface area contributed by atoms with Crippen molar-refractivity contribution in [3.63, 3.8) is 0 Å². The van der Waals surface area contributed by atoms with Crippen LogP contribution in [0.1, 0.15) is 46.2 Å². The number of nitrogens with one attached hydrogen (secondary N) is 1. The summed E-state index contributed by atoms with van der Waals surface area (Å²) in [7, 11) is -3.67. The quantitative estimate of drug-likeness (QED) is 0.335. The number of carbonyl (C=O) groups excluding carboxylic acids is 1. The third kappa shape index (κ3) is 4.51. The van der Waals surface area contributed by atoms with Gasteiger partial charge >= 0.3 is 6.03 Å². The van der Waals surface area contributed by atoms with Crippen LogP contribution in [0.25, 0.3) is 0 Å². The molecule has 0 saturated carbocycles. The lowest BCUT2D eigenvalue weighted by molar-refractivity contribution is -0.231. The lowest BCUT2D eigenvalue weighted by atomic mass is 9.95. The highest BCUT2D eigenvalue weighted by molar-refractivity contribution is 7.93. The third-order valence-electron chi connectivity index (χ3n) is 6.85. The van der Waals surface area contributed by atoms with Gasteiger partial charge in [0.05, 0.1) is 12.8 Å². The number of carbonyl (C=O) groups is 1. The number of hydrogen-bond acceptors (Lipinski definition) is 9. The van der Waals surface area contributed by atoms with Crippen LogP contribution in [0.2, 0.25) is 0 Å². The summed E-state index contributed by atoms with van der Waals surface area (Å²) in [5, 5.41) is 48.6. The molecule has 3 aliphatic rings. The minimum atomic E-state index is -3.67. The first-order valence-electron chi connectivity index (χ1n) is 11.5. The Hall–Kier alpha value is -1.97. The Kier molecular flexibility index (Phi) is 6.70. The Bertz CT molecular complexity index is 1240. The molecule has 2 aliphatic carbocycles. The first-order valence-corrected chi connectivity index (χ1v) is 13.9. The van der Waals surface area contributed by atoms with Gasteiger partial charge in [0.25, 0.3) is 0 Å². The van der Waals surface area contributed by atoms with Gasteiger partial charge in [0.2, 0.25) is 0 Å². The molecule has 5 rings (SSSR count). The SMILES string of the molecule is NS(=O)(=NC(=O)Nc1c2c(cc3c1CCC3)CCC2)c1cnc(C2O[C@H](CO)[C@@H](O)[C@H](O)[C@H]2O)s1. The second-order valence-corrected chi connectivity index (χ2v) is 12.2. The smallest absolute Gasteiger partial charge is 0.354 e. The monoisotopic (exact) mass is 524 g/mol. The standard InChI is InChI=1S/C22H28N4O7S2/c23-35(32,15-8-24-21(34-15)20-19(30)18(29)17(28)14(9-27)33-20)26-22(31)25-16-12-5-1-3-10(12)7-11-4-2-6-13(11)16/h7-8,14,17-20,27-30H,1-6,9H2,(H3,23,25,26,31,32)/t14-,17-,18+,19-,20?,35?/m1/s1. The van der Waals surface area contributed by atoms with Crippen LogP contribution in [-0.4, -0.2) is 66.7 Å². The van der Waals surface area contributed by atoms with Crippen molar-refractivity contribution in [2.75, 3.05) is 11.9 Å². The average molecular weight is 525 g/mol. The second kappa shape index (κ2) is 9.48. The van der Waals surface area contributed by atoms with Crippen LogP contribution in [0.4, 0.5) is 10.5 Å². The molecule has 0 radical (unpaired) electrons. The molecule has 190 valence electrons. The predicted molar refractivity (Wildman–Crippen MR) is 127 cm³/mol. The topological polar surface area (TPSA) is 188 Å². The van der Waals surface area contributed by atoms with E-state index in [2.05, 4.69) is 20.7 Å².